The molecule has 2 aromatic heterocycles. The lowest BCUT2D eigenvalue weighted by Gasteiger charge is -2.37. The molecule has 1 atom stereocenters. The molecule has 3 aromatic rings. The van der Waals surface area contributed by atoms with Gasteiger partial charge in [0.2, 0.25) is 5.91 Å². The van der Waals surface area contributed by atoms with Gasteiger partial charge in [-0.25, -0.2) is 0 Å². The maximum absolute atomic E-state index is 13.5. The number of carbonyl (C=O) groups is 2. The zero-order valence-electron chi connectivity index (χ0n) is 18.4. The first-order chi connectivity index (χ1) is 16.1. The standard InChI is InChI=1S/C25H26N2O5S/c1-30-18-4-2-5-19(14-18)32-16-21-20-10-13-33-23(20)9-11-26(21)24(28)15-27(17-7-8-17)25(29)22-6-3-12-31-22/h2-6,10,12-14,17,21H,7-9,11,15-16H2,1H3/t21-/m0/s1. The number of ether oxygens (including phenoxy) is 2. The van der Waals surface area contributed by atoms with Gasteiger partial charge in [-0.1, -0.05) is 6.07 Å². The van der Waals surface area contributed by atoms with E-state index in [2.05, 4.69) is 11.4 Å². The fourth-order valence-corrected chi connectivity index (χ4v) is 5.20. The summed E-state index contributed by atoms with van der Waals surface area (Å²) < 4.78 is 16.7. The summed E-state index contributed by atoms with van der Waals surface area (Å²) >= 11 is 1.71. The Labute approximate surface area is 196 Å². The number of hydrogen-bond donors (Lipinski definition) is 0. The number of benzene rings is 1. The number of nitrogens with zero attached hydrogens (tertiary/aromatic N) is 2. The maximum Gasteiger partial charge on any atom is 0.290 e. The van der Waals surface area contributed by atoms with Crippen molar-refractivity contribution in [3.05, 3.63) is 70.3 Å². The van der Waals surface area contributed by atoms with Crippen molar-refractivity contribution < 1.29 is 23.5 Å². The van der Waals surface area contributed by atoms with Gasteiger partial charge in [-0.05, 0) is 60.5 Å². The van der Waals surface area contributed by atoms with E-state index in [0.29, 0.717) is 18.9 Å². The molecule has 1 aromatic carbocycles. The van der Waals surface area contributed by atoms with Gasteiger partial charge in [0.05, 0.1) is 19.4 Å². The van der Waals surface area contributed by atoms with Crippen LogP contribution in [0.15, 0.2) is 58.5 Å². The van der Waals surface area contributed by atoms with Gasteiger partial charge in [-0.2, -0.15) is 0 Å². The Bertz CT molecular complexity index is 1120. The van der Waals surface area contributed by atoms with Crippen molar-refractivity contribution in [1.82, 2.24) is 9.80 Å². The third-order valence-corrected chi connectivity index (χ3v) is 7.15. The first-order valence-corrected chi connectivity index (χ1v) is 12.0. The van der Waals surface area contributed by atoms with Gasteiger partial charge >= 0.3 is 0 Å². The summed E-state index contributed by atoms with van der Waals surface area (Å²) in [5.41, 5.74) is 1.12. The predicted molar refractivity (Wildman–Crippen MR) is 124 cm³/mol. The fraction of sp³-hybridized carbons (Fsp3) is 0.360. The monoisotopic (exact) mass is 466 g/mol. The lowest BCUT2D eigenvalue weighted by Crippen LogP contribution is -2.48. The van der Waals surface area contributed by atoms with Gasteiger partial charge in [0, 0.05) is 23.5 Å². The molecule has 1 aliphatic carbocycles. The number of rotatable bonds is 8. The molecule has 1 fully saturated rings. The molecule has 0 saturated heterocycles. The van der Waals surface area contributed by atoms with Crippen LogP contribution < -0.4 is 9.47 Å². The maximum atomic E-state index is 13.5. The smallest absolute Gasteiger partial charge is 0.290 e. The van der Waals surface area contributed by atoms with Crippen LogP contribution in [0, 0.1) is 0 Å². The molecule has 0 spiro atoms. The molecule has 0 N–H and O–H groups in total. The van der Waals surface area contributed by atoms with E-state index in [1.807, 2.05) is 29.2 Å². The summed E-state index contributed by atoms with van der Waals surface area (Å²) in [6.45, 7) is 0.976. The average molecular weight is 467 g/mol. The summed E-state index contributed by atoms with van der Waals surface area (Å²) in [4.78, 5) is 31.2. The Balaban J connectivity index is 1.33. The van der Waals surface area contributed by atoms with E-state index >= 15 is 0 Å². The number of carbonyl (C=O) groups excluding carboxylic acids is 2. The Hall–Kier alpha value is -3.26. The van der Waals surface area contributed by atoms with E-state index < -0.39 is 0 Å². The van der Waals surface area contributed by atoms with Gasteiger partial charge in [0.1, 0.15) is 24.7 Å². The minimum absolute atomic E-state index is 0.0410. The first-order valence-electron chi connectivity index (χ1n) is 11.1. The van der Waals surface area contributed by atoms with Crippen LogP contribution in [0.5, 0.6) is 11.5 Å². The van der Waals surface area contributed by atoms with Crippen molar-refractivity contribution in [1.29, 1.82) is 0 Å². The van der Waals surface area contributed by atoms with Crippen molar-refractivity contribution >= 4 is 23.2 Å². The zero-order chi connectivity index (χ0) is 22.8. The van der Waals surface area contributed by atoms with Gasteiger partial charge < -0.3 is 23.7 Å². The molecule has 7 nitrogen and oxygen atoms in total. The predicted octanol–water partition coefficient (Wildman–Crippen LogP) is 4.16. The Kier molecular flexibility index (Phi) is 6.09. The summed E-state index contributed by atoms with van der Waals surface area (Å²) in [6.07, 6.45) is 4.12. The van der Waals surface area contributed by atoms with Gasteiger partial charge in [-0.3, -0.25) is 9.59 Å². The topological polar surface area (TPSA) is 72.2 Å². The minimum atomic E-state index is -0.228. The van der Waals surface area contributed by atoms with E-state index in [-0.39, 0.29) is 36.2 Å². The molecule has 1 aliphatic heterocycles. The molecule has 8 heteroatoms. The molecule has 33 heavy (non-hydrogen) atoms. The van der Waals surface area contributed by atoms with Crippen LogP contribution >= 0.6 is 11.3 Å². The van der Waals surface area contributed by atoms with Gasteiger partial charge in [0.25, 0.3) is 5.91 Å². The normalized spacial score (nSPS) is 17.4. The van der Waals surface area contributed by atoms with Crippen molar-refractivity contribution in [2.75, 3.05) is 26.8 Å². The average Bonchev–Trinajstić information content (AvgIpc) is 3.32. The number of thiophene rings is 1. The van der Waals surface area contributed by atoms with Crippen LogP contribution in [-0.4, -0.2) is 54.5 Å². The molecule has 0 radical (unpaired) electrons. The Morgan fingerprint density at radius 3 is 2.79 bits per heavy atom. The Morgan fingerprint density at radius 2 is 2.03 bits per heavy atom. The second-order valence-corrected chi connectivity index (χ2v) is 9.28. The lowest BCUT2D eigenvalue weighted by molar-refractivity contribution is -0.135. The summed E-state index contributed by atoms with van der Waals surface area (Å²) in [5.74, 6) is 1.38. The van der Waals surface area contributed by atoms with E-state index in [4.69, 9.17) is 13.9 Å². The molecule has 0 unspecified atom stereocenters. The van der Waals surface area contributed by atoms with Crippen LogP contribution in [0.4, 0.5) is 0 Å². The minimum Gasteiger partial charge on any atom is -0.497 e. The summed E-state index contributed by atoms with van der Waals surface area (Å²) in [7, 11) is 1.62. The molecule has 2 aliphatic rings. The number of amides is 2. The quantitative estimate of drug-likeness (QED) is 0.499. The molecule has 172 valence electrons. The molecule has 2 amide bonds. The lowest BCUT2D eigenvalue weighted by atomic mass is 10.0. The third-order valence-electron chi connectivity index (χ3n) is 6.15. The van der Waals surface area contributed by atoms with Crippen molar-refractivity contribution in [3.63, 3.8) is 0 Å². The highest BCUT2D eigenvalue weighted by atomic mass is 32.1. The molecule has 0 bridgehead atoms. The van der Waals surface area contributed by atoms with E-state index in [1.54, 1.807) is 35.5 Å². The zero-order valence-corrected chi connectivity index (χ0v) is 19.3. The van der Waals surface area contributed by atoms with Gasteiger partial charge in [-0.15, -0.1) is 11.3 Å². The molecular formula is C25H26N2O5S. The highest BCUT2D eigenvalue weighted by Crippen LogP contribution is 2.35. The summed E-state index contributed by atoms with van der Waals surface area (Å²) in [6, 6.07) is 12.7. The van der Waals surface area contributed by atoms with Crippen molar-refractivity contribution in [2.24, 2.45) is 0 Å². The molecule has 5 rings (SSSR count). The number of furan rings is 1. The SMILES string of the molecule is COc1cccc(OC[C@H]2c3ccsc3CCN2C(=O)CN(C(=O)c2ccco2)C2CC2)c1. The molecule has 3 heterocycles. The molecular weight excluding hydrogens is 440 g/mol. The first kappa shape index (κ1) is 21.6. The van der Waals surface area contributed by atoms with E-state index in [1.165, 1.54) is 11.1 Å². The van der Waals surface area contributed by atoms with Crippen LogP contribution in [0.25, 0.3) is 0 Å². The second-order valence-electron chi connectivity index (χ2n) is 8.28. The van der Waals surface area contributed by atoms with Crippen LogP contribution in [0.2, 0.25) is 0 Å². The fourth-order valence-electron chi connectivity index (χ4n) is 4.27. The van der Waals surface area contributed by atoms with Crippen LogP contribution in [0.3, 0.4) is 0 Å². The summed E-state index contributed by atoms with van der Waals surface area (Å²) in [5, 5.41) is 2.06. The van der Waals surface area contributed by atoms with E-state index in [0.717, 1.165) is 30.6 Å². The third kappa shape index (κ3) is 4.61. The highest BCUT2D eigenvalue weighted by molar-refractivity contribution is 7.10. The highest BCUT2D eigenvalue weighted by Gasteiger charge is 2.38. The Morgan fingerprint density at radius 1 is 1.18 bits per heavy atom. The van der Waals surface area contributed by atoms with Gasteiger partial charge in [0.15, 0.2) is 5.76 Å². The largest absolute Gasteiger partial charge is 0.497 e. The molecule has 1 saturated carbocycles. The van der Waals surface area contributed by atoms with Crippen molar-refractivity contribution in [3.8, 4) is 11.5 Å². The number of hydrogen-bond acceptors (Lipinski definition) is 6. The van der Waals surface area contributed by atoms with Crippen molar-refractivity contribution in [2.45, 2.75) is 31.3 Å². The van der Waals surface area contributed by atoms with E-state index in [9.17, 15) is 9.59 Å². The number of fused-ring (bicyclic) bond motifs is 1. The number of methoxy groups -OCH3 is 1. The second kappa shape index (κ2) is 9.31. The van der Waals surface area contributed by atoms with Crippen LogP contribution in [-0.2, 0) is 11.2 Å². The van der Waals surface area contributed by atoms with Crippen LogP contribution in [0.1, 0.15) is 39.9 Å².